The third kappa shape index (κ3) is 3.26. The zero-order valence-electron chi connectivity index (χ0n) is 10.7. The molecule has 1 aromatic carbocycles. The molecule has 0 aliphatic rings. The van der Waals surface area contributed by atoms with Gasteiger partial charge in [-0.25, -0.2) is 0 Å². The second kappa shape index (κ2) is 5.90. The Morgan fingerprint density at radius 2 is 2.10 bits per heavy atom. The van der Waals surface area contributed by atoms with E-state index in [0.29, 0.717) is 0 Å². The minimum Gasteiger partial charge on any atom is -0.480 e. The molecule has 0 atom stereocenters. The number of nitrogens with one attached hydrogen (secondary N) is 1. The third-order valence-electron chi connectivity index (χ3n) is 2.48. The third-order valence-corrected chi connectivity index (χ3v) is 2.48. The molecule has 108 valence electrons. The second-order valence-electron chi connectivity index (χ2n) is 3.84. The monoisotopic (exact) mass is 292 g/mol. The van der Waals surface area contributed by atoms with Gasteiger partial charge in [0.25, 0.3) is 5.91 Å². The molecule has 21 heavy (non-hydrogen) atoms. The lowest BCUT2D eigenvalue weighted by molar-refractivity contribution is -0.387. The van der Waals surface area contributed by atoms with Gasteiger partial charge in [-0.15, -0.1) is 10.2 Å². The predicted octanol–water partition coefficient (Wildman–Crippen LogP) is 1.78. The van der Waals surface area contributed by atoms with E-state index in [9.17, 15) is 19.3 Å². The zero-order valence-corrected chi connectivity index (χ0v) is 10.7. The first kappa shape index (κ1) is 14.3. The van der Waals surface area contributed by atoms with E-state index in [1.807, 2.05) is 0 Å². The van der Waals surface area contributed by atoms with Crippen LogP contribution < -0.4 is 10.1 Å². The van der Waals surface area contributed by atoms with E-state index in [2.05, 4.69) is 15.5 Å². The molecule has 0 bridgehead atoms. The minimum atomic E-state index is -0.984. The maximum atomic E-state index is 13.2. The maximum Gasteiger partial charge on any atom is 0.306 e. The summed E-state index contributed by atoms with van der Waals surface area (Å²) in [6.07, 6.45) is 0. The largest absolute Gasteiger partial charge is 0.480 e. The van der Waals surface area contributed by atoms with Crippen LogP contribution in [0.5, 0.6) is 5.88 Å². The van der Waals surface area contributed by atoms with E-state index in [-0.39, 0.29) is 17.3 Å². The standard InChI is InChI=1S/C12H9FN4O4/c1-21-11-5-4-9(15-16-11)12(18)14-7-2-3-8(13)10(6-7)17(19)20/h2-6H,1H3,(H,14,18). The SMILES string of the molecule is COc1ccc(C(=O)Nc2ccc(F)c([N+](=O)[O-])c2)nn1. The van der Waals surface area contributed by atoms with Crippen molar-refractivity contribution in [3.05, 3.63) is 52.0 Å². The van der Waals surface area contributed by atoms with Gasteiger partial charge >= 0.3 is 5.69 Å². The van der Waals surface area contributed by atoms with Crippen molar-refractivity contribution >= 4 is 17.3 Å². The molecule has 1 aromatic heterocycles. The first-order chi connectivity index (χ1) is 10.0. The summed E-state index contributed by atoms with van der Waals surface area (Å²) < 4.78 is 18.0. The van der Waals surface area contributed by atoms with Crippen molar-refractivity contribution in [3.8, 4) is 5.88 Å². The van der Waals surface area contributed by atoms with Gasteiger partial charge in [0.2, 0.25) is 11.7 Å². The number of ether oxygens (including phenoxy) is 1. The number of nitro benzene ring substituents is 1. The molecule has 0 saturated heterocycles. The summed E-state index contributed by atoms with van der Waals surface area (Å²) in [5, 5.41) is 20.2. The number of halogens is 1. The van der Waals surface area contributed by atoms with Crippen molar-refractivity contribution in [3.63, 3.8) is 0 Å². The quantitative estimate of drug-likeness (QED) is 0.680. The molecular weight excluding hydrogens is 283 g/mol. The number of nitrogens with zero attached hydrogens (tertiary/aromatic N) is 3. The Hall–Kier alpha value is -3.10. The first-order valence-corrected chi connectivity index (χ1v) is 5.64. The number of rotatable bonds is 4. The van der Waals surface area contributed by atoms with Crippen LogP contribution >= 0.6 is 0 Å². The van der Waals surface area contributed by atoms with Crippen molar-refractivity contribution in [1.29, 1.82) is 0 Å². The number of carbonyl (C=O) groups is 1. The van der Waals surface area contributed by atoms with Crippen molar-refractivity contribution in [2.45, 2.75) is 0 Å². The van der Waals surface area contributed by atoms with Crippen LogP contribution in [-0.4, -0.2) is 28.1 Å². The van der Waals surface area contributed by atoms with Gasteiger partial charge in [0.15, 0.2) is 5.69 Å². The number of amides is 1. The fourth-order valence-corrected chi connectivity index (χ4v) is 1.48. The van der Waals surface area contributed by atoms with Gasteiger partial charge in [-0.3, -0.25) is 14.9 Å². The zero-order chi connectivity index (χ0) is 15.4. The Morgan fingerprint density at radius 1 is 1.33 bits per heavy atom. The predicted molar refractivity (Wildman–Crippen MR) is 69.6 cm³/mol. The topological polar surface area (TPSA) is 107 Å². The number of carbonyl (C=O) groups excluding carboxylic acids is 1. The van der Waals surface area contributed by atoms with Crippen LogP contribution in [0.3, 0.4) is 0 Å². The van der Waals surface area contributed by atoms with Crippen molar-refractivity contribution in [1.82, 2.24) is 10.2 Å². The number of nitro groups is 1. The molecule has 0 saturated carbocycles. The van der Waals surface area contributed by atoms with Crippen molar-refractivity contribution in [2.24, 2.45) is 0 Å². The van der Waals surface area contributed by atoms with Crippen LogP contribution in [-0.2, 0) is 0 Å². The number of hydrogen-bond acceptors (Lipinski definition) is 6. The molecule has 1 N–H and O–H groups in total. The molecule has 0 unspecified atom stereocenters. The van der Waals surface area contributed by atoms with E-state index >= 15 is 0 Å². The second-order valence-corrected chi connectivity index (χ2v) is 3.84. The highest BCUT2D eigenvalue weighted by molar-refractivity contribution is 6.02. The van der Waals surface area contributed by atoms with Crippen molar-refractivity contribution in [2.75, 3.05) is 12.4 Å². The Balaban J connectivity index is 2.19. The van der Waals surface area contributed by atoms with E-state index in [1.54, 1.807) is 0 Å². The number of methoxy groups -OCH3 is 1. The van der Waals surface area contributed by atoms with Crippen LogP contribution in [0.15, 0.2) is 30.3 Å². The van der Waals surface area contributed by atoms with Crippen LogP contribution in [0.4, 0.5) is 15.8 Å². The van der Waals surface area contributed by atoms with Crippen LogP contribution in [0, 0.1) is 15.9 Å². The molecule has 0 spiro atoms. The lowest BCUT2D eigenvalue weighted by Crippen LogP contribution is -2.14. The molecule has 1 amide bonds. The fraction of sp³-hybridized carbons (Fsp3) is 0.0833. The summed E-state index contributed by atoms with van der Waals surface area (Å²) in [6, 6.07) is 5.84. The molecule has 2 aromatic rings. The fourth-order valence-electron chi connectivity index (χ4n) is 1.48. The lowest BCUT2D eigenvalue weighted by atomic mass is 10.2. The van der Waals surface area contributed by atoms with E-state index in [1.165, 1.54) is 25.3 Å². The number of anilines is 1. The number of benzene rings is 1. The Labute approximate surface area is 117 Å². The van der Waals surface area contributed by atoms with Gasteiger partial charge in [0, 0.05) is 17.8 Å². The van der Waals surface area contributed by atoms with E-state index in [0.717, 1.165) is 12.1 Å². The Kier molecular flexibility index (Phi) is 4.02. The van der Waals surface area contributed by atoms with Gasteiger partial charge in [-0.2, -0.15) is 4.39 Å². The molecule has 2 rings (SSSR count). The normalized spacial score (nSPS) is 10.0. The molecule has 9 heteroatoms. The highest BCUT2D eigenvalue weighted by Gasteiger charge is 2.16. The minimum absolute atomic E-state index is 0.0113. The molecular formula is C12H9FN4O4. The number of aromatic nitrogens is 2. The Bertz CT molecular complexity index is 690. The van der Waals surface area contributed by atoms with Gasteiger partial charge < -0.3 is 10.1 Å². The molecule has 0 aliphatic heterocycles. The summed E-state index contributed by atoms with van der Waals surface area (Å²) in [5.41, 5.74) is -0.665. The van der Waals surface area contributed by atoms with E-state index in [4.69, 9.17) is 4.74 Å². The molecule has 1 heterocycles. The summed E-state index contributed by atoms with van der Waals surface area (Å²) in [7, 11) is 1.40. The Morgan fingerprint density at radius 3 is 2.67 bits per heavy atom. The average Bonchev–Trinajstić information content (AvgIpc) is 2.49. The lowest BCUT2D eigenvalue weighted by Gasteiger charge is -2.05. The first-order valence-electron chi connectivity index (χ1n) is 5.64. The van der Waals surface area contributed by atoms with Crippen molar-refractivity contribution < 1.29 is 18.8 Å². The van der Waals surface area contributed by atoms with Gasteiger partial charge in [-0.05, 0) is 18.2 Å². The maximum absolute atomic E-state index is 13.2. The van der Waals surface area contributed by atoms with Crippen LogP contribution in [0.25, 0.3) is 0 Å². The van der Waals surface area contributed by atoms with Gasteiger partial charge in [0.1, 0.15) is 0 Å². The molecule has 0 radical (unpaired) electrons. The number of hydrogen-bond donors (Lipinski definition) is 1. The highest BCUT2D eigenvalue weighted by atomic mass is 19.1. The van der Waals surface area contributed by atoms with Crippen LogP contribution in [0.1, 0.15) is 10.5 Å². The summed E-state index contributed by atoms with van der Waals surface area (Å²) in [5.74, 6) is -1.38. The van der Waals surface area contributed by atoms with Gasteiger partial charge in [-0.1, -0.05) is 0 Å². The van der Waals surface area contributed by atoms with E-state index < -0.39 is 22.3 Å². The average molecular weight is 292 g/mol. The highest BCUT2D eigenvalue weighted by Crippen LogP contribution is 2.21. The summed E-state index contributed by atoms with van der Waals surface area (Å²) in [6.45, 7) is 0. The van der Waals surface area contributed by atoms with Crippen LogP contribution in [0.2, 0.25) is 0 Å². The smallest absolute Gasteiger partial charge is 0.306 e. The molecule has 0 aliphatic carbocycles. The van der Waals surface area contributed by atoms with Gasteiger partial charge in [0.05, 0.1) is 12.0 Å². The summed E-state index contributed by atoms with van der Waals surface area (Å²) >= 11 is 0. The summed E-state index contributed by atoms with van der Waals surface area (Å²) in [4.78, 5) is 21.6. The molecule has 0 fully saturated rings. The molecule has 8 nitrogen and oxygen atoms in total.